The molecule has 2 heterocycles. The van der Waals surface area contributed by atoms with E-state index >= 15 is 0 Å². The summed E-state index contributed by atoms with van der Waals surface area (Å²) in [4.78, 5) is 14.1. The average molecular weight is 252 g/mol. The van der Waals surface area contributed by atoms with Gasteiger partial charge in [0.15, 0.2) is 5.69 Å². The van der Waals surface area contributed by atoms with Gasteiger partial charge in [-0.3, -0.25) is 4.79 Å². The minimum absolute atomic E-state index is 0.0801. The number of likely N-dealkylation sites (tertiary alicyclic amines) is 1. The molecule has 1 fully saturated rings. The van der Waals surface area contributed by atoms with Crippen molar-refractivity contribution in [3.8, 4) is 0 Å². The van der Waals surface area contributed by atoms with E-state index in [1.807, 2.05) is 0 Å². The van der Waals surface area contributed by atoms with E-state index in [9.17, 15) is 9.90 Å². The molecule has 1 aromatic heterocycles. The predicted molar refractivity (Wildman–Crippen MR) is 66.0 cm³/mol. The zero-order valence-corrected chi connectivity index (χ0v) is 11.1. The minimum atomic E-state index is -0.337. The lowest BCUT2D eigenvalue weighted by Crippen LogP contribution is -2.38. The number of carbonyl (C=O) groups excluding carboxylic acids is 1. The van der Waals surface area contributed by atoms with Crippen molar-refractivity contribution in [1.82, 2.24) is 20.3 Å². The molecule has 1 atom stereocenters. The van der Waals surface area contributed by atoms with Gasteiger partial charge in [0, 0.05) is 13.1 Å². The van der Waals surface area contributed by atoms with Gasteiger partial charge in [-0.05, 0) is 25.2 Å². The summed E-state index contributed by atoms with van der Waals surface area (Å²) in [5.74, 6) is -0.108. The maximum Gasteiger partial charge on any atom is 0.276 e. The minimum Gasteiger partial charge on any atom is -0.393 e. The summed E-state index contributed by atoms with van der Waals surface area (Å²) >= 11 is 0. The number of H-pyrrole nitrogens is 1. The Hall–Kier alpha value is -1.43. The van der Waals surface area contributed by atoms with Crippen LogP contribution >= 0.6 is 0 Å². The van der Waals surface area contributed by atoms with Crippen LogP contribution in [0.25, 0.3) is 0 Å². The first-order valence-corrected chi connectivity index (χ1v) is 6.24. The van der Waals surface area contributed by atoms with Crippen LogP contribution in [-0.2, 0) is 0 Å². The Morgan fingerprint density at radius 2 is 2.22 bits per heavy atom. The molecule has 6 heteroatoms. The first-order chi connectivity index (χ1) is 8.39. The molecular weight excluding hydrogens is 232 g/mol. The van der Waals surface area contributed by atoms with Gasteiger partial charge >= 0.3 is 0 Å². The van der Waals surface area contributed by atoms with E-state index in [-0.39, 0.29) is 17.4 Å². The Kier molecular flexibility index (Phi) is 3.38. The monoisotopic (exact) mass is 252 g/mol. The molecule has 2 N–H and O–H groups in total. The van der Waals surface area contributed by atoms with E-state index in [1.54, 1.807) is 11.8 Å². The topological polar surface area (TPSA) is 82.1 Å². The second-order valence-electron chi connectivity index (χ2n) is 5.80. The third-order valence-corrected chi connectivity index (χ3v) is 3.35. The van der Waals surface area contributed by atoms with E-state index in [1.165, 1.54) is 0 Å². The van der Waals surface area contributed by atoms with Crippen molar-refractivity contribution in [1.29, 1.82) is 0 Å². The number of aromatic amines is 1. The Balaban J connectivity index is 2.18. The Bertz CT molecular complexity index is 441. The quantitative estimate of drug-likeness (QED) is 0.772. The highest BCUT2D eigenvalue weighted by Crippen LogP contribution is 2.29. The van der Waals surface area contributed by atoms with Crippen molar-refractivity contribution in [2.75, 3.05) is 13.1 Å². The highest BCUT2D eigenvalue weighted by Gasteiger charge is 2.32. The normalized spacial score (nSPS) is 23.8. The number of carbonyl (C=O) groups is 1. The van der Waals surface area contributed by atoms with Crippen molar-refractivity contribution in [2.45, 2.75) is 39.7 Å². The molecule has 1 unspecified atom stereocenters. The molecule has 1 aliphatic rings. The largest absolute Gasteiger partial charge is 0.393 e. The zero-order chi connectivity index (χ0) is 13.3. The summed E-state index contributed by atoms with van der Waals surface area (Å²) in [6, 6.07) is 0. The summed E-state index contributed by atoms with van der Waals surface area (Å²) in [7, 11) is 0. The third kappa shape index (κ3) is 2.69. The van der Waals surface area contributed by atoms with Crippen molar-refractivity contribution in [3.63, 3.8) is 0 Å². The molecule has 2 rings (SSSR count). The molecule has 0 spiro atoms. The fourth-order valence-electron chi connectivity index (χ4n) is 2.51. The Labute approximate surface area is 106 Å². The van der Waals surface area contributed by atoms with Crippen molar-refractivity contribution >= 4 is 5.91 Å². The van der Waals surface area contributed by atoms with Crippen molar-refractivity contribution in [2.24, 2.45) is 5.41 Å². The Morgan fingerprint density at radius 1 is 1.50 bits per heavy atom. The molecule has 6 nitrogen and oxygen atoms in total. The van der Waals surface area contributed by atoms with Crippen LogP contribution in [0.3, 0.4) is 0 Å². The molecule has 0 aliphatic carbocycles. The van der Waals surface area contributed by atoms with Gasteiger partial charge < -0.3 is 10.0 Å². The number of aryl methyl sites for hydroxylation is 1. The first-order valence-electron chi connectivity index (χ1n) is 6.24. The molecule has 0 aromatic carbocycles. The zero-order valence-electron chi connectivity index (χ0n) is 11.1. The second-order valence-corrected chi connectivity index (χ2v) is 5.80. The SMILES string of the molecule is Cc1n[nH]nc1C(=O)N1CCC(O)CC(C)(C)C1. The summed E-state index contributed by atoms with van der Waals surface area (Å²) in [5.41, 5.74) is 0.910. The number of hydrogen-bond donors (Lipinski definition) is 2. The fourth-order valence-corrected chi connectivity index (χ4v) is 2.51. The van der Waals surface area contributed by atoms with Gasteiger partial charge in [-0.1, -0.05) is 13.8 Å². The number of aliphatic hydroxyl groups excluding tert-OH is 1. The van der Waals surface area contributed by atoms with Crippen LogP contribution in [0.1, 0.15) is 42.9 Å². The van der Waals surface area contributed by atoms with E-state index in [2.05, 4.69) is 29.3 Å². The maximum absolute atomic E-state index is 12.4. The number of nitrogens with one attached hydrogen (secondary N) is 1. The predicted octanol–water partition coefficient (Wildman–Crippen LogP) is 0.736. The molecule has 1 amide bonds. The van der Waals surface area contributed by atoms with E-state index in [4.69, 9.17) is 0 Å². The molecule has 100 valence electrons. The van der Waals surface area contributed by atoms with Gasteiger partial charge in [0.1, 0.15) is 0 Å². The maximum atomic E-state index is 12.4. The summed E-state index contributed by atoms with van der Waals surface area (Å²) in [6.07, 6.45) is 0.997. The van der Waals surface area contributed by atoms with Gasteiger partial charge in [-0.2, -0.15) is 15.4 Å². The van der Waals surface area contributed by atoms with Crippen LogP contribution in [-0.4, -0.2) is 50.5 Å². The summed E-state index contributed by atoms with van der Waals surface area (Å²) in [5, 5.41) is 20.1. The first kappa shape index (κ1) is 13.0. The van der Waals surface area contributed by atoms with Crippen LogP contribution in [0.15, 0.2) is 0 Å². The van der Waals surface area contributed by atoms with Crippen LogP contribution in [0.4, 0.5) is 0 Å². The molecule has 0 saturated carbocycles. The number of aromatic nitrogens is 3. The lowest BCUT2D eigenvalue weighted by molar-refractivity contribution is 0.0698. The molecule has 18 heavy (non-hydrogen) atoms. The molecule has 1 aromatic rings. The standard InChI is InChI=1S/C12H20N4O2/c1-8-10(14-15-13-8)11(18)16-5-4-9(17)6-12(2,3)7-16/h9,17H,4-7H2,1-3H3,(H,13,14,15). The number of amides is 1. The number of rotatable bonds is 1. The molecular formula is C12H20N4O2. The molecule has 0 bridgehead atoms. The van der Waals surface area contributed by atoms with E-state index < -0.39 is 0 Å². The number of aliphatic hydroxyl groups is 1. The van der Waals surface area contributed by atoms with E-state index in [0.717, 1.165) is 0 Å². The van der Waals surface area contributed by atoms with Gasteiger partial charge in [-0.15, -0.1) is 0 Å². The van der Waals surface area contributed by atoms with E-state index in [0.29, 0.717) is 37.3 Å². The van der Waals surface area contributed by atoms with Gasteiger partial charge in [0.05, 0.1) is 11.8 Å². The number of hydrogen-bond acceptors (Lipinski definition) is 4. The average Bonchev–Trinajstić information content (AvgIpc) is 2.62. The van der Waals surface area contributed by atoms with Crippen LogP contribution in [0, 0.1) is 12.3 Å². The van der Waals surface area contributed by atoms with Crippen LogP contribution < -0.4 is 0 Å². The lowest BCUT2D eigenvalue weighted by atomic mass is 9.87. The summed E-state index contributed by atoms with van der Waals surface area (Å²) < 4.78 is 0. The number of nitrogens with zero attached hydrogens (tertiary/aromatic N) is 3. The van der Waals surface area contributed by atoms with Crippen LogP contribution in [0.2, 0.25) is 0 Å². The third-order valence-electron chi connectivity index (χ3n) is 3.35. The van der Waals surface area contributed by atoms with Crippen LogP contribution in [0.5, 0.6) is 0 Å². The van der Waals surface area contributed by atoms with Crippen molar-refractivity contribution in [3.05, 3.63) is 11.4 Å². The molecule has 1 saturated heterocycles. The summed E-state index contributed by atoms with van der Waals surface area (Å²) in [6.45, 7) is 7.09. The van der Waals surface area contributed by atoms with Gasteiger partial charge in [0.25, 0.3) is 5.91 Å². The lowest BCUT2D eigenvalue weighted by Gasteiger charge is -2.29. The van der Waals surface area contributed by atoms with Gasteiger partial charge in [-0.25, -0.2) is 0 Å². The fraction of sp³-hybridized carbons (Fsp3) is 0.750. The highest BCUT2D eigenvalue weighted by atomic mass is 16.3. The molecule has 0 radical (unpaired) electrons. The Morgan fingerprint density at radius 3 is 2.83 bits per heavy atom. The smallest absolute Gasteiger partial charge is 0.276 e. The molecule has 1 aliphatic heterocycles. The van der Waals surface area contributed by atoms with Crippen molar-refractivity contribution < 1.29 is 9.90 Å². The second kappa shape index (κ2) is 4.68. The highest BCUT2D eigenvalue weighted by molar-refractivity contribution is 5.93. The van der Waals surface area contributed by atoms with Gasteiger partial charge in [0.2, 0.25) is 0 Å².